The molecule has 0 spiro atoms. The van der Waals surface area contributed by atoms with E-state index in [4.69, 9.17) is 5.11 Å². The Morgan fingerprint density at radius 2 is 1.14 bits per heavy atom. The molecule has 1 N–H and O–H groups in total. The third kappa shape index (κ3) is 11.6. The second kappa shape index (κ2) is 12.6. The second-order valence-corrected chi connectivity index (χ2v) is 3.80. The van der Waals surface area contributed by atoms with Crippen molar-refractivity contribution in [2.24, 2.45) is 0 Å². The van der Waals surface area contributed by atoms with Crippen LogP contribution in [0.25, 0.3) is 0 Å². The lowest BCUT2D eigenvalue weighted by Crippen LogP contribution is -1.84. The van der Waals surface area contributed by atoms with E-state index in [-0.39, 0.29) is 0 Å². The normalized spacial score (nSPS) is 10.4. The van der Waals surface area contributed by atoms with E-state index in [0.717, 1.165) is 19.3 Å². The number of aliphatic hydroxyl groups excluding tert-OH is 1. The number of hydrogen-bond acceptors (Lipinski definition) is 2. The Kier molecular flexibility index (Phi) is 12.3. The maximum atomic E-state index is 9.90. The zero-order valence-corrected chi connectivity index (χ0v) is 9.13. The molecule has 14 heavy (non-hydrogen) atoms. The van der Waals surface area contributed by atoms with Crippen LogP contribution in [0.3, 0.4) is 0 Å². The monoisotopic (exact) mass is 199 g/mol. The third-order valence-electron chi connectivity index (χ3n) is 2.44. The van der Waals surface area contributed by atoms with Crippen LogP contribution in [-0.4, -0.2) is 18.0 Å². The highest BCUT2D eigenvalue weighted by Crippen LogP contribution is 2.09. The van der Waals surface area contributed by atoms with Crippen molar-refractivity contribution in [3.05, 3.63) is 0 Å². The Bertz CT molecular complexity index is 113. The molecule has 0 bridgehead atoms. The average molecular weight is 199 g/mol. The number of unbranched alkanes of at least 4 members (excludes halogenated alkanes) is 9. The van der Waals surface area contributed by atoms with Gasteiger partial charge in [-0.2, -0.15) is 0 Å². The Labute approximate surface area is 87.7 Å². The van der Waals surface area contributed by atoms with Gasteiger partial charge in [-0.05, 0) is 12.8 Å². The minimum atomic E-state index is 0.336. The summed E-state index contributed by atoms with van der Waals surface area (Å²) in [5.74, 6) is 0. The molecule has 0 amide bonds. The minimum Gasteiger partial charge on any atom is -0.396 e. The van der Waals surface area contributed by atoms with Gasteiger partial charge >= 0.3 is 0 Å². The minimum absolute atomic E-state index is 0.336. The number of carbonyl (C=O) groups excluding carboxylic acids is 1. The summed E-state index contributed by atoms with van der Waals surface area (Å²) in [4.78, 5) is 9.90. The highest BCUT2D eigenvalue weighted by molar-refractivity contribution is 5.50. The van der Waals surface area contributed by atoms with E-state index in [1.165, 1.54) is 38.5 Å². The van der Waals surface area contributed by atoms with Crippen LogP contribution in [0.15, 0.2) is 0 Å². The van der Waals surface area contributed by atoms with E-state index in [1.807, 2.05) is 6.29 Å². The van der Waals surface area contributed by atoms with Crippen molar-refractivity contribution in [3.8, 4) is 0 Å². The van der Waals surface area contributed by atoms with Gasteiger partial charge in [0, 0.05) is 13.0 Å². The maximum Gasteiger partial charge on any atom is 0.198 e. The number of aliphatic hydroxyl groups is 1. The molecule has 0 fully saturated rings. The molecule has 0 aromatic carbocycles. The van der Waals surface area contributed by atoms with Crippen molar-refractivity contribution >= 4 is 6.29 Å². The van der Waals surface area contributed by atoms with E-state index in [9.17, 15) is 4.79 Å². The van der Waals surface area contributed by atoms with Gasteiger partial charge in [-0.1, -0.05) is 44.9 Å². The summed E-state index contributed by atoms with van der Waals surface area (Å²) < 4.78 is 0. The van der Waals surface area contributed by atoms with Gasteiger partial charge in [-0.3, -0.25) is 4.79 Å². The molecular weight excluding hydrogens is 176 g/mol. The fraction of sp³-hybridized carbons (Fsp3) is 0.917. The molecule has 0 rings (SSSR count). The fourth-order valence-electron chi connectivity index (χ4n) is 1.55. The average Bonchev–Trinajstić information content (AvgIpc) is 2.21. The van der Waals surface area contributed by atoms with E-state index in [2.05, 4.69) is 0 Å². The van der Waals surface area contributed by atoms with E-state index in [1.54, 1.807) is 0 Å². The molecule has 0 aromatic heterocycles. The lowest BCUT2D eigenvalue weighted by Gasteiger charge is -2.00. The van der Waals surface area contributed by atoms with Crippen molar-refractivity contribution in [2.45, 2.75) is 64.2 Å². The van der Waals surface area contributed by atoms with Gasteiger partial charge in [0.2, 0.25) is 0 Å². The lowest BCUT2D eigenvalue weighted by molar-refractivity contribution is 0.282. The van der Waals surface area contributed by atoms with Crippen molar-refractivity contribution < 1.29 is 9.90 Å². The Hall–Kier alpha value is -0.370. The van der Waals surface area contributed by atoms with Gasteiger partial charge in [0.05, 0.1) is 0 Å². The molecule has 0 saturated heterocycles. The predicted octanol–water partition coefficient (Wildman–Crippen LogP) is 2.99. The summed E-state index contributed by atoms with van der Waals surface area (Å²) in [5, 5.41) is 8.56. The smallest absolute Gasteiger partial charge is 0.198 e. The van der Waals surface area contributed by atoms with Gasteiger partial charge in [-0.15, -0.1) is 0 Å². The van der Waals surface area contributed by atoms with Crippen LogP contribution in [0.5, 0.6) is 0 Å². The van der Waals surface area contributed by atoms with E-state index >= 15 is 0 Å². The maximum absolute atomic E-state index is 9.90. The van der Waals surface area contributed by atoms with Crippen molar-refractivity contribution in [1.82, 2.24) is 0 Å². The Balaban J connectivity index is 2.81. The summed E-state index contributed by atoms with van der Waals surface area (Å²) in [6.07, 6.45) is 13.2. The van der Waals surface area contributed by atoms with Crippen LogP contribution in [0.4, 0.5) is 0 Å². The first-order chi connectivity index (χ1) is 6.91. The van der Waals surface area contributed by atoms with E-state index in [0.29, 0.717) is 13.0 Å². The standard InChI is InChI=1S/C12H23O2/c13-11-9-7-5-3-1-2-4-6-8-10-12-14/h13H,1-11H2. The molecule has 0 atom stereocenters. The zero-order chi connectivity index (χ0) is 10.5. The molecule has 0 aliphatic heterocycles. The summed E-state index contributed by atoms with van der Waals surface area (Å²) in [7, 11) is 0. The lowest BCUT2D eigenvalue weighted by atomic mass is 10.1. The first kappa shape index (κ1) is 13.6. The van der Waals surface area contributed by atoms with Crippen molar-refractivity contribution in [1.29, 1.82) is 0 Å². The quantitative estimate of drug-likeness (QED) is 0.519. The molecule has 83 valence electrons. The summed E-state index contributed by atoms with van der Waals surface area (Å²) in [6.45, 7) is 0.336. The second-order valence-electron chi connectivity index (χ2n) is 3.80. The number of hydrogen-bond donors (Lipinski definition) is 1. The van der Waals surface area contributed by atoms with Crippen molar-refractivity contribution in [3.63, 3.8) is 0 Å². The van der Waals surface area contributed by atoms with Gasteiger partial charge in [-0.25, -0.2) is 0 Å². The van der Waals surface area contributed by atoms with E-state index < -0.39 is 0 Å². The molecule has 1 radical (unpaired) electrons. The number of rotatable bonds is 11. The SMILES string of the molecule is O=[C]CCCCCCCCCCCO. The summed E-state index contributed by atoms with van der Waals surface area (Å²) in [5.41, 5.74) is 0. The van der Waals surface area contributed by atoms with Gasteiger partial charge in [0.25, 0.3) is 0 Å². The van der Waals surface area contributed by atoms with Crippen molar-refractivity contribution in [2.75, 3.05) is 6.61 Å². The Morgan fingerprint density at radius 3 is 1.57 bits per heavy atom. The van der Waals surface area contributed by atoms with Gasteiger partial charge < -0.3 is 5.11 Å². The molecular formula is C12H23O2. The highest BCUT2D eigenvalue weighted by Gasteiger charge is 1.92. The van der Waals surface area contributed by atoms with Crippen LogP contribution >= 0.6 is 0 Å². The van der Waals surface area contributed by atoms with Crippen LogP contribution in [0, 0.1) is 0 Å². The predicted molar refractivity (Wildman–Crippen MR) is 58.9 cm³/mol. The molecule has 0 aromatic rings. The molecule has 0 aliphatic carbocycles. The molecule has 2 heteroatoms. The largest absolute Gasteiger partial charge is 0.396 e. The molecule has 0 saturated carbocycles. The molecule has 0 heterocycles. The summed E-state index contributed by atoms with van der Waals surface area (Å²) in [6, 6.07) is 0. The van der Waals surface area contributed by atoms with Crippen LogP contribution in [0.2, 0.25) is 0 Å². The van der Waals surface area contributed by atoms with Crippen LogP contribution < -0.4 is 0 Å². The van der Waals surface area contributed by atoms with Gasteiger partial charge in [0.1, 0.15) is 0 Å². The summed E-state index contributed by atoms with van der Waals surface area (Å²) >= 11 is 0. The third-order valence-corrected chi connectivity index (χ3v) is 2.44. The zero-order valence-electron chi connectivity index (χ0n) is 9.13. The topological polar surface area (TPSA) is 37.3 Å². The molecule has 2 nitrogen and oxygen atoms in total. The highest BCUT2D eigenvalue weighted by atomic mass is 16.2. The van der Waals surface area contributed by atoms with Crippen LogP contribution in [-0.2, 0) is 4.79 Å². The van der Waals surface area contributed by atoms with Gasteiger partial charge in [0.15, 0.2) is 6.29 Å². The molecule has 0 aliphatic rings. The first-order valence-corrected chi connectivity index (χ1v) is 5.87. The fourth-order valence-corrected chi connectivity index (χ4v) is 1.55. The van der Waals surface area contributed by atoms with Crippen LogP contribution in [0.1, 0.15) is 64.2 Å². The Morgan fingerprint density at radius 1 is 0.714 bits per heavy atom. The molecule has 0 unspecified atom stereocenters. The first-order valence-electron chi connectivity index (χ1n) is 5.87.